The second kappa shape index (κ2) is 6.60. The Morgan fingerprint density at radius 3 is 2.72 bits per heavy atom. The Kier molecular flexibility index (Phi) is 5.11. The normalized spacial score (nSPS) is 24.9. The van der Waals surface area contributed by atoms with Gasteiger partial charge in [-0.15, -0.1) is 0 Å². The van der Waals surface area contributed by atoms with Gasteiger partial charge in [0.25, 0.3) is 0 Å². The van der Waals surface area contributed by atoms with Crippen LogP contribution in [0.15, 0.2) is 28.7 Å². The van der Waals surface area contributed by atoms with E-state index in [-0.39, 0.29) is 0 Å². The van der Waals surface area contributed by atoms with Crippen molar-refractivity contribution in [2.45, 2.75) is 52.0 Å². The monoisotopic (exact) mass is 309 g/mol. The van der Waals surface area contributed by atoms with Crippen molar-refractivity contribution in [1.82, 2.24) is 0 Å². The predicted molar refractivity (Wildman–Crippen MR) is 83.0 cm³/mol. The largest absolute Gasteiger partial charge is 0.382 e. The van der Waals surface area contributed by atoms with Crippen molar-refractivity contribution in [1.29, 1.82) is 0 Å². The molecule has 1 saturated carbocycles. The van der Waals surface area contributed by atoms with E-state index in [0.29, 0.717) is 6.04 Å². The molecule has 0 spiro atoms. The van der Waals surface area contributed by atoms with E-state index in [1.165, 1.54) is 37.8 Å². The molecule has 0 aromatic heterocycles. The minimum atomic E-state index is 0.656. The molecule has 1 N–H and O–H groups in total. The number of anilines is 1. The Morgan fingerprint density at radius 2 is 2.00 bits per heavy atom. The van der Waals surface area contributed by atoms with Gasteiger partial charge in [-0.05, 0) is 49.3 Å². The molecule has 0 aliphatic heterocycles. The summed E-state index contributed by atoms with van der Waals surface area (Å²) in [6, 6.07) is 9.16. The Balaban J connectivity index is 1.91. The minimum absolute atomic E-state index is 0.656. The van der Waals surface area contributed by atoms with Gasteiger partial charge < -0.3 is 5.32 Å². The summed E-state index contributed by atoms with van der Waals surface area (Å²) in [7, 11) is 0. The quantitative estimate of drug-likeness (QED) is 0.730. The lowest BCUT2D eigenvalue weighted by atomic mass is 9.89. The first kappa shape index (κ1) is 13.9. The molecule has 1 aliphatic carbocycles. The van der Waals surface area contributed by atoms with Crippen LogP contribution in [-0.4, -0.2) is 6.04 Å². The average Bonchev–Trinajstić information content (AvgIpc) is 2.55. The lowest BCUT2D eigenvalue weighted by Gasteiger charge is -2.20. The minimum Gasteiger partial charge on any atom is -0.382 e. The van der Waals surface area contributed by atoms with Crippen LogP contribution < -0.4 is 5.32 Å². The van der Waals surface area contributed by atoms with Crippen LogP contribution in [-0.2, 0) is 0 Å². The number of nitrogens with one attached hydrogen (secondary N) is 1. The van der Waals surface area contributed by atoms with Crippen LogP contribution in [0.3, 0.4) is 0 Å². The smallest absolute Gasteiger partial charge is 0.0353 e. The van der Waals surface area contributed by atoms with E-state index in [1.54, 1.807) is 0 Å². The maximum absolute atomic E-state index is 3.69. The van der Waals surface area contributed by atoms with Gasteiger partial charge in [0.15, 0.2) is 0 Å². The number of halogens is 1. The van der Waals surface area contributed by atoms with E-state index in [4.69, 9.17) is 0 Å². The summed E-state index contributed by atoms with van der Waals surface area (Å²) < 4.78 is 1.15. The molecule has 100 valence electrons. The summed E-state index contributed by atoms with van der Waals surface area (Å²) in [6.07, 6.45) is 6.79. The first-order valence-corrected chi connectivity index (χ1v) is 7.96. The summed E-state index contributed by atoms with van der Waals surface area (Å²) in [5.41, 5.74) is 1.25. The standard InChI is InChI=1S/C16H24BrN/c1-12(2)13-5-3-7-15(10-9-13)18-16-8-4-6-14(17)11-16/h4,6,8,11-13,15,18H,3,5,7,9-10H2,1-2H3. The van der Waals surface area contributed by atoms with Crippen LogP contribution in [0.1, 0.15) is 46.0 Å². The molecule has 2 atom stereocenters. The second-order valence-electron chi connectivity index (χ2n) is 5.86. The van der Waals surface area contributed by atoms with Crippen molar-refractivity contribution < 1.29 is 0 Å². The lowest BCUT2D eigenvalue weighted by molar-refractivity contribution is 0.341. The molecular formula is C16H24BrN. The Hall–Kier alpha value is -0.500. The zero-order valence-corrected chi connectivity index (χ0v) is 13.0. The lowest BCUT2D eigenvalue weighted by Crippen LogP contribution is -2.18. The molecule has 2 unspecified atom stereocenters. The molecule has 0 saturated heterocycles. The third kappa shape index (κ3) is 4.01. The highest BCUT2D eigenvalue weighted by Crippen LogP contribution is 2.30. The molecule has 1 aliphatic rings. The first-order chi connectivity index (χ1) is 8.65. The first-order valence-electron chi connectivity index (χ1n) is 7.17. The summed E-state index contributed by atoms with van der Waals surface area (Å²) >= 11 is 3.53. The van der Waals surface area contributed by atoms with E-state index < -0.39 is 0 Å². The van der Waals surface area contributed by atoms with Gasteiger partial charge >= 0.3 is 0 Å². The predicted octanol–water partition coefficient (Wildman–Crippen LogP) is 5.47. The molecular weight excluding hydrogens is 286 g/mol. The molecule has 2 heteroatoms. The summed E-state index contributed by atoms with van der Waals surface area (Å²) in [6.45, 7) is 4.74. The van der Waals surface area contributed by atoms with Gasteiger partial charge in [-0.25, -0.2) is 0 Å². The highest BCUT2D eigenvalue weighted by Gasteiger charge is 2.20. The van der Waals surface area contributed by atoms with E-state index in [0.717, 1.165) is 16.3 Å². The fraction of sp³-hybridized carbons (Fsp3) is 0.625. The molecule has 2 rings (SSSR count). The zero-order valence-electron chi connectivity index (χ0n) is 11.5. The van der Waals surface area contributed by atoms with Crippen LogP contribution in [0, 0.1) is 11.8 Å². The van der Waals surface area contributed by atoms with E-state index in [9.17, 15) is 0 Å². The Bertz CT molecular complexity index is 375. The van der Waals surface area contributed by atoms with Gasteiger partial charge in [0.2, 0.25) is 0 Å². The molecule has 1 fully saturated rings. The van der Waals surface area contributed by atoms with Crippen molar-refractivity contribution >= 4 is 21.6 Å². The third-order valence-corrected chi connectivity index (χ3v) is 4.64. The molecule has 1 aromatic rings. The highest BCUT2D eigenvalue weighted by molar-refractivity contribution is 9.10. The Labute approximate surface area is 119 Å². The zero-order chi connectivity index (χ0) is 13.0. The fourth-order valence-corrected chi connectivity index (χ4v) is 3.35. The SMILES string of the molecule is CC(C)C1CCCC(Nc2cccc(Br)c2)CC1. The highest BCUT2D eigenvalue weighted by atomic mass is 79.9. The molecule has 1 aromatic carbocycles. The van der Waals surface area contributed by atoms with Crippen molar-refractivity contribution in [2.75, 3.05) is 5.32 Å². The fourth-order valence-electron chi connectivity index (χ4n) is 2.96. The second-order valence-corrected chi connectivity index (χ2v) is 6.78. The summed E-state index contributed by atoms with van der Waals surface area (Å²) in [5.74, 6) is 1.77. The number of rotatable bonds is 3. The summed E-state index contributed by atoms with van der Waals surface area (Å²) in [5, 5.41) is 3.69. The number of hydrogen-bond acceptors (Lipinski definition) is 1. The third-order valence-electron chi connectivity index (χ3n) is 4.15. The summed E-state index contributed by atoms with van der Waals surface area (Å²) in [4.78, 5) is 0. The van der Waals surface area contributed by atoms with E-state index in [1.807, 2.05) is 0 Å². The van der Waals surface area contributed by atoms with Crippen LogP contribution >= 0.6 is 15.9 Å². The van der Waals surface area contributed by atoms with Crippen LogP contribution in [0.2, 0.25) is 0 Å². The van der Waals surface area contributed by atoms with E-state index >= 15 is 0 Å². The molecule has 0 heterocycles. The van der Waals surface area contributed by atoms with Gasteiger partial charge in [0.1, 0.15) is 0 Å². The number of benzene rings is 1. The molecule has 0 radical (unpaired) electrons. The van der Waals surface area contributed by atoms with Gasteiger partial charge in [0.05, 0.1) is 0 Å². The van der Waals surface area contributed by atoms with Crippen molar-refractivity contribution in [3.8, 4) is 0 Å². The molecule has 0 bridgehead atoms. The average molecular weight is 310 g/mol. The van der Waals surface area contributed by atoms with Crippen molar-refractivity contribution in [3.63, 3.8) is 0 Å². The van der Waals surface area contributed by atoms with Crippen LogP contribution in [0.25, 0.3) is 0 Å². The van der Waals surface area contributed by atoms with Gasteiger partial charge in [-0.1, -0.05) is 48.7 Å². The Morgan fingerprint density at radius 1 is 1.17 bits per heavy atom. The maximum Gasteiger partial charge on any atom is 0.0353 e. The maximum atomic E-state index is 3.69. The molecule has 1 nitrogen and oxygen atoms in total. The van der Waals surface area contributed by atoms with Gasteiger partial charge in [0, 0.05) is 16.2 Å². The van der Waals surface area contributed by atoms with Crippen LogP contribution in [0.4, 0.5) is 5.69 Å². The van der Waals surface area contributed by atoms with Gasteiger partial charge in [-0.3, -0.25) is 0 Å². The number of hydrogen-bond donors (Lipinski definition) is 1. The van der Waals surface area contributed by atoms with Crippen molar-refractivity contribution in [2.24, 2.45) is 11.8 Å². The van der Waals surface area contributed by atoms with Crippen molar-refractivity contribution in [3.05, 3.63) is 28.7 Å². The van der Waals surface area contributed by atoms with Crippen LogP contribution in [0.5, 0.6) is 0 Å². The van der Waals surface area contributed by atoms with Gasteiger partial charge in [-0.2, -0.15) is 0 Å². The molecule has 0 amide bonds. The molecule has 18 heavy (non-hydrogen) atoms. The van der Waals surface area contributed by atoms with E-state index in [2.05, 4.69) is 59.4 Å². The topological polar surface area (TPSA) is 12.0 Å².